The molecule has 3 aromatic carbocycles. The Hall–Kier alpha value is -5.02. The van der Waals surface area contributed by atoms with E-state index in [0.29, 0.717) is 29.5 Å². The molecule has 2 aromatic heterocycles. The molecule has 0 fully saturated rings. The molecule has 3 N–H and O–H groups in total. The van der Waals surface area contributed by atoms with Crippen molar-refractivity contribution in [1.82, 2.24) is 19.9 Å². The maximum atomic E-state index is 12.5. The fraction of sp³-hybridized carbons (Fsp3) is 0.212. The summed E-state index contributed by atoms with van der Waals surface area (Å²) < 4.78 is 0. The molecule has 5 rings (SSSR count). The van der Waals surface area contributed by atoms with Gasteiger partial charge in [0.05, 0.1) is 23.5 Å². The minimum Gasteiger partial charge on any atom is -0.494 e. The number of hydrogen-bond acceptors (Lipinski definition) is 7. The van der Waals surface area contributed by atoms with Crippen molar-refractivity contribution in [3.8, 4) is 17.0 Å². The van der Waals surface area contributed by atoms with E-state index in [0.717, 1.165) is 33.3 Å². The third-order valence-electron chi connectivity index (χ3n) is 6.77. The average molecular weight is 562 g/mol. The van der Waals surface area contributed by atoms with Crippen molar-refractivity contribution in [3.05, 3.63) is 96.3 Å². The molecule has 0 spiro atoms. The molecule has 1 amide bonds. The van der Waals surface area contributed by atoms with Gasteiger partial charge in [-0.2, -0.15) is 0 Å². The van der Waals surface area contributed by atoms with E-state index in [2.05, 4.69) is 20.3 Å². The first kappa shape index (κ1) is 28.5. The van der Waals surface area contributed by atoms with E-state index >= 15 is 0 Å². The zero-order chi connectivity index (χ0) is 29.8. The Kier molecular flexibility index (Phi) is 8.31. The van der Waals surface area contributed by atoms with Gasteiger partial charge in [-0.15, -0.1) is 0 Å². The molecule has 2 heterocycles. The summed E-state index contributed by atoms with van der Waals surface area (Å²) in [5, 5.41) is 15.2. The van der Waals surface area contributed by atoms with Gasteiger partial charge in [0.1, 0.15) is 0 Å². The van der Waals surface area contributed by atoms with E-state index in [9.17, 15) is 9.90 Å². The highest BCUT2D eigenvalue weighted by molar-refractivity contribution is 6.22. The Morgan fingerprint density at radius 3 is 2.29 bits per heavy atom. The molecule has 0 radical (unpaired) electrons. The fourth-order valence-corrected chi connectivity index (χ4v) is 4.67. The number of amides is 1. The number of carbonyl (C=O) groups is 1. The molecule has 9 heteroatoms. The van der Waals surface area contributed by atoms with Gasteiger partial charge < -0.3 is 25.2 Å². The second-order valence-electron chi connectivity index (χ2n) is 10.7. The summed E-state index contributed by atoms with van der Waals surface area (Å²) in [4.78, 5) is 33.0. The fourth-order valence-electron chi connectivity index (χ4n) is 4.67. The molecule has 0 unspecified atom stereocenters. The summed E-state index contributed by atoms with van der Waals surface area (Å²) in [5.41, 5.74) is 6.14. The third kappa shape index (κ3) is 6.31. The standard InChI is InChI=1S/C33H35N7O2/c1-21(2)36-33-34-18-24(19-35-33)23-11-16-27-28(17-23)38-32(42)30(27)31(22-9-7-6-8-10-22)37-25-12-14-26(15-13-25)40(5)29(41)20-39(3)4/h6-19,21,38,42H,20H2,1-5H3,(H,34,35,36). The van der Waals surface area contributed by atoms with Crippen molar-refractivity contribution in [2.24, 2.45) is 4.99 Å². The number of H-pyrrole nitrogens is 1. The normalized spacial score (nSPS) is 11.8. The Morgan fingerprint density at radius 1 is 0.952 bits per heavy atom. The lowest BCUT2D eigenvalue weighted by molar-refractivity contribution is -0.118. The van der Waals surface area contributed by atoms with Crippen molar-refractivity contribution in [2.45, 2.75) is 19.9 Å². The SMILES string of the molecule is CC(C)Nc1ncc(-c2ccc3c(C(=Nc4ccc(N(C)C(=O)CN(C)C)cc4)c4ccccc4)c(O)[nH]c3c2)cn1. The van der Waals surface area contributed by atoms with Crippen molar-refractivity contribution in [3.63, 3.8) is 0 Å². The number of carbonyl (C=O) groups excluding carboxylic acids is 1. The van der Waals surface area contributed by atoms with E-state index in [1.807, 2.05) is 106 Å². The topological polar surface area (TPSA) is 110 Å². The molecule has 0 saturated heterocycles. The Labute approximate surface area is 245 Å². The number of aliphatic imine (C=N–C) groups is 1. The van der Waals surface area contributed by atoms with Crippen LogP contribution in [-0.2, 0) is 4.79 Å². The van der Waals surface area contributed by atoms with Gasteiger partial charge in [-0.1, -0.05) is 42.5 Å². The smallest absolute Gasteiger partial charge is 0.240 e. The van der Waals surface area contributed by atoms with Crippen LogP contribution in [0.3, 0.4) is 0 Å². The molecule has 0 aliphatic rings. The number of nitrogens with zero attached hydrogens (tertiary/aromatic N) is 5. The van der Waals surface area contributed by atoms with Crippen molar-refractivity contribution >= 4 is 39.8 Å². The van der Waals surface area contributed by atoms with Gasteiger partial charge in [-0.25, -0.2) is 15.0 Å². The van der Waals surface area contributed by atoms with Crippen molar-refractivity contribution in [1.29, 1.82) is 0 Å². The van der Waals surface area contributed by atoms with Crippen LogP contribution in [0.4, 0.5) is 17.3 Å². The van der Waals surface area contributed by atoms with Crippen LogP contribution < -0.4 is 10.2 Å². The highest BCUT2D eigenvalue weighted by Gasteiger charge is 2.19. The second-order valence-corrected chi connectivity index (χ2v) is 10.7. The van der Waals surface area contributed by atoms with Crippen molar-refractivity contribution in [2.75, 3.05) is 37.9 Å². The Morgan fingerprint density at radius 2 is 1.64 bits per heavy atom. The summed E-state index contributed by atoms with van der Waals surface area (Å²) in [6, 6.07) is 23.5. The quantitative estimate of drug-likeness (QED) is 0.195. The molecular formula is C33H35N7O2. The van der Waals surface area contributed by atoms with Crippen LogP contribution in [0.1, 0.15) is 25.0 Å². The van der Waals surface area contributed by atoms with E-state index < -0.39 is 0 Å². The minimum absolute atomic E-state index is 0.000889. The molecule has 0 saturated carbocycles. The number of benzene rings is 3. The van der Waals surface area contributed by atoms with Crippen LogP contribution in [-0.4, -0.2) is 70.3 Å². The van der Waals surface area contributed by atoms with Gasteiger partial charge in [0, 0.05) is 53.2 Å². The van der Waals surface area contributed by atoms with Crippen LogP contribution in [0, 0.1) is 0 Å². The molecule has 214 valence electrons. The molecule has 9 nitrogen and oxygen atoms in total. The monoisotopic (exact) mass is 561 g/mol. The van der Waals surface area contributed by atoms with E-state index in [4.69, 9.17) is 4.99 Å². The molecule has 5 aromatic rings. The predicted molar refractivity (Wildman–Crippen MR) is 170 cm³/mol. The van der Waals surface area contributed by atoms with E-state index in [-0.39, 0.29) is 17.8 Å². The van der Waals surface area contributed by atoms with Gasteiger partial charge in [0.25, 0.3) is 0 Å². The Bertz CT molecular complexity index is 1710. The van der Waals surface area contributed by atoms with Crippen molar-refractivity contribution < 1.29 is 9.90 Å². The largest absolute Gasteiger partial charge is 0.494 e. The van der Waals surface area contributed by atoms with Crippen LogP contribution in [0.15, 0.2) is 90.2 Å². The second kappa shape index (κ2) is 12.2. The van der Waals surface area contributed by atoms with Crippen LogP contribution >= 0.6 is 0 Å². The average Bonchev–Trinajstić information content (AvgIpc) is 3.30. The summed E-state index contributed by atoms with van der Waals surface area (Å²) >= 11 is 0. The molecule has 0 aliphatic carbocycles. The maximum absolute atomic E-state index is 12.5. The van der Waals surface area contributed by atoms with E-state index in [1.54, 1.807) is 24.3 Å². The van der Waals surface area contributed by atoms with Gasteiger partial charge in [0.2, 0.25) is 11.9 Å². The maximum Gasteiger partial charge on any atom is 0.240 e. The third-order valence-corrected chi connectivity index (χ3v) is 6.77. The Balaban J connectivity index is 1.52. The highest BCUT2D eigenvalue weighted by atomic mass is 16.3. The number of aromatic amines is 1. The van der Waals surface area contributed by atoms with Crippen LogP contribution in [0.2, 0.25) is 0 Å². The predicted octanol–water partition coefficient (Wildman–Crippen LogP) is 5.84. The number of anilines is 2. The first-order valence-electron chi connectivity index (χ1n) is 13.8. The van der Waals surface area contributed by atoms with Gasteiger partial charge >= 0.3 is 0 Å². The molecule has 42 heavy (non-hydrogen) atoms. The highest BCUT2D eigenvalue weighted by Crippen LogP contribution is 2.34. The lowest BCUT2D eigenvalue weighted by Gasteiger charge is -2.19. The first-order valence-corrected chi connectivity index (χ1v) is 13.8. The molecule has 0 bridgehead atoms. The summed E-state index contributed by atoms with van der Waals surface area (Å²) in [6.45, 7) is 4.40. The number of fused-ring (bicyclic) bond motifs is 1. The number of nitrogens with one attached hydrogen (secondary N) is 2. The molecule has 0 atom stereocenters. The van der Waals surface area contributed by atoms with Gasteiger partial charge in [-0.05, 0) is 63.8 Å². The number of likely N-dealkylation sites (N-methyl/N-ethyl adjacent to an activating group) is 2. The molecular weight excluding hydrogens is 526 g/mol. The van der Waals surface area contributed by atoms with Gasteiger partial charge in [0.15, 0.2) is 5.88 Å². The zero-order valence-electron chi connectivity index (χ0n) is 24.5. The first-order chi connectivity index (χ1) is 20.2. The number of hydrogen-bond donors (Lipinski definition) is 3. The number of rotatable bonds is 9. The lowest BCUT2D eigenvalue weighted by Crippen LogP contribution is -2.34. The summed E-state index contributed by atoms with van der Waals surface area (Å²) in [5.74, 6) is 0.611. The zero-order valence-corrected chi connectivity index (χ0v) is 24.5. The van der Waals surface area contributed by atoms with Gasteiger partial charge in [-0.3, -0.25) is 4.79 Å². The number of aromatic hydroxyl groups is 1. The summed E-state index contributed by atoms with van der Waals surface area (Å²) in [6.07, 6.45) is 3.57. The van der Waals surface area contributed by atoms with E-state index in [1.165, 1.54) is 0 Å². The van der Waals surface area contributed by atoms with Crippen LogP contribution in [0.25, 0.3) is 22.0 Å². The lowest BCUT2D eigenvalue weighted by atomic mass is 9.99. The van der Waals surface area contributed by atoms with Crippen LogP contribution in [0.5, 0.6) is 5.88 Å². The number of aromatic nitrogens is 3. The molecule has 0 aliphatic heterocycles. The minimum atomic E-state index is -0.000889. The summed E-state index contributed by atoms with van der Waals surface area (Å²) in [7, 11) is 5.50.